The molecule has 0 unspecified atom stereocenters. The summed E-state index contributed by atoms with van der Waals surface area (Å²) in [7, 11) is 1.66. The van der Waals surface area contributed by atoms with Crippen LogP contribution in [0.4, 0.5) is 0 Å². The van der Waals surface area contributed by atoms with E-state index in [0.717, 1.165) is 54.7 Å². The van der Waals surface area contributed by atoms with E-state index in [1.54, 1.807) is 7.11 Å². The molecule has 2 fully saturated rings. The minimum Gasteiger partial charge on any atom is -0.497 e. The summed E-state index contributed by atoms with van der Waals surface area (Å²) in [5.41, 5.74) is 4.03. The molecule has 4 nitrogen and oxygen atoms in total. The number of benzene rings is 2. The van der Waals surface area contributed by atoms with Crippen LogP contribution in [0, 0.1) is 6.57 Å². The van der Waals surface area contributed by atoms with Gasteiger partial charge in [0.15, 0.2) is 0 Å². The number of carbonyl (C=O) groups is 1. The molecule has 2 aromatic carbocycles. The number of rotatable bonds is 4. The fourth-order valence-electron chi connectivity index (χ4n) is 4.39. The SMILES string of the molecule is [C-]#[N+]C1(c2ccc3c(c2)C2(CC2)CN(Cc2ccc(OC)cc2)C3=O)CC1. The first-order valence-corrected chi connectivity index (χ1v) is 9.55. The number of carbonyl (C=O) groups excluding carboxylic acids is 1. The molecule has 2 aromatic rings. The highest BCUT2D eigenvalue weighted by atomic mass is 16.5. The van der Waals surface area contributed by atoms with Crippen molar-refractivity contribution in [3.05, 3.63) is 76.1 Å². The third kappa shape index (κ3) is 2.53. The van der Waals surface area contributed by atoms with E-state index >= 15 is 0 Å². The van der Waals surface area contributed by atoms with Crippen LogP contribution < -0.4 is 4.74 Å². The van der Waals surface area contributed by atoms with Gasteiger partial charge in [0, 0.05) is 42.5 Å². The van der Waals surface area contributed by atoms with Crippen molar-refractivity contribution >= 4 is 5.91 Å². The normalized spacial score (nSPS) is 20.7. The van der Waals surface area contributed by atoms with Crippen LogP contribution in [-0.4, -0.2) is 24.5 Å². The molecular formula is C23H22N2O2. The standard InChI is InChI=1S/C23H22N2O2/c1-24-23(11-12-23)17-5-8-19-20(13-17)22(9-10-22)15-25(21(19)26)14-16-3-6-18(27-2)7-4-16/h3-8,13H,9-12,14-15H2,2H3. The third-order valence-electron chi connectivity index (χ3n) is 6.46. The van der Waals surface area contributed by atoms with Gasteiger partial charge in [-0.15, -0.1) is 0 Å². The Morgan fingerprint density at radius 2 is 1.85 bits per heavy atom. The minimum atomic E-state index is -0.311. The molecule has 1 heterocycles. The third-order valence-corrected chi connectivity index (χ3v) is 6.46. The van der Waals surface area contributed by atoms with Crippen molar-refractivity contribution in [1.82, 2.24) is 4.90 Å². The van der Waals surface area contributed by atoms with E-state index in [4.69, 9.17) is 11.3 Å². The maximum atomic E-state index is 13.1. The number of hydrogen-bond acceptors (Lipinski definition) is 2. The summed E-state index contributed by atoms with van der Waals surface area (Å²) in [5, 5.41) is 0. The van der Waals surface area contributed by atoms with Crippen LogP contribution in [0.5, 0.6) is 5.75 Å². The average molecular weight is 358 g/mol. The summed E-state index contributed by atoms with van der Waals surface area (Å²) in [4.78, 5) is 19.0. The van der Waals surface area contributed by atoms with Crippen LogP contribution in [0.3, 0.4) is 0 Å². The smallest absolute Gasteiger partial charge is 0.258 e. The van der Waals surface area contributed by atoms with Crippen LogP contribution >= 0.6 is 0 Å². The lowest BCUT2D eigenvalue weighted by Crippen LogP contribution is -2.43. The van der Waals surface area contributed by atoms with Crippen LogP contribution in [0.15, 0.2) is 42.5 Å². The lowest BCUT2D eigenvalue weighted by molar-refractivity contribution is 0.0698. The molecule has 1 aliphatic heterocycles. The second-order valence-corrected chi connectivity index (χ2v) is 8.19. The molecule has 0 atom stereocenters. The molecule has 0 radical (unpaired) electrons. The van der Waals surface area contributed by atoms with Crippen molar-refractivity contribution in [2.45, 2.75) is 43.2 Å². The summed E-state index contributed by atoms with van der Waals surface area (Å²) in [6, 6.07) is 14.1. The Morgan fingerprint density at radius 3 is 2.44 bits per heavy atom. The molecule has 0 N–H and O–H groups in total. The molecule has 2 saturated carbocycles. The van der Waals surface area contributed by atoms with Crippen molar-refractivity contribution in [3.8, 4) is 5.75 Å². The lowest BCUT2D eigenvalue weighted by atomic mass is 9.84. The van der Waals surface area contributed by atoms with Crippen molar-refractivity contribution < 1.29 is 9.53 Å². The molecule has 5 rings (SSSR count). The topological polar surface area (TPSA) is 33.9 Å². The fraction of sp³-hybridized carbons (Fsp3) is 0.391. The predicted molar refractivity (Wildman–Crippen MR) is 103 cm³/mol. The maximum Gasteiger partial charge on any atom is 0.258 e. The Bertz CT molecular complexity index is 963. The molecule has 3 aliphatic rings. The molecule has 0 bridgehead atoms. The number of hydrogen-bond donors (Lipinski definition) is 0. The second-order valence-electron chi connectivity index (χ2n) is 8.19. The van der Waals surface area contributed by atoms with E-state index in [-0.39, 0.29) is 16.9 Å². The number of nitrogens with zero attached hydrogens (tertiary/aromatic N) is 2. The first-order chi connectivity index (χ1) is 13.1. The highest BCUT2D eigenvalue weighted by Crippen LogP contribution is 2.55. The van der Waals surface area contributed by atoms with Crippen LogP contribution in [-0.2, 0) is 17.5 Å². The largest absolute Gasteiger partial charge is 0.497 e. The quantitative estimate of drug-likeness (QED) is 0.764. The first-order valence-electron chi connectivity index (χ1n) is 9.55. The Labute approximate surface area is 159 Å². The van der Waals surface area contributed by atoms with Gasteiger partial charge in [-0.05, 0) is 48.2 Å². The van der Waals surface area contributed by atoms with Crippen molar-refractivity contribution in [1.29, 1.82) is 0 Å². The molecule has 0 saturated heterocycles. The average Bonchev–Trinajstić information content (AvgIpc) is 3.62. The summed E-state index contributed by atoms with van der Waals surface area (Å²) in [5.74, 6) is 0.937. The van der Waals surface area contributed by atoms with Gasteiger partial charge in [-0.1, -0.05) is 18.2 Å². The number of amides is 1. The summed E-state index contributed by atoms with van der Waals surface area (Å²) in [6.07, 6.45) is 4.14. The molecule has 4 heteroatoms. The summed E-state index contributed by atoms with van der Waals surface area (Å²) < 4.78 is 5.22. The molecular weight excluding hydrogens is 336 g/mol. The highest BCUT2D eigenvalue weighted by molar-refractivity contribution is 5.98. The van der Waals surface area contributed by atoms with Crippen molar-refractivity contribution in [2.24, 2.45) is 0 Å². The zero-order valence-corrected chi connectivity index (χ0v) is 15.5. The van der Waals surface area contributed by atoms with E-state index in [0.29, 0.717) is 6.54 Å². The zero-order valence-electron chi connectivity index (χ0n) is 15.5. The molecule has 2 aliphatic carbocycles. The minimum absolute atomic E-state index is 0.101. The second kappa shape index (κ2) is 5.60. The van der Waals surface area contributed by atoms with E-state index in [1.165, 1.54) is 5.56 Å². The van der Waals surface area contributed by atoms with Gasteiger partial charge in [-0.25, -0.2) is 6.57 Å². The van der Waals surface area contributed by atoms with Crippen LogP contribution in [0.2, 0.25) is 0 Å². The summed E-state index contributed by atoms with van der Waals surface area (Å²) >= 11 is 0. The van der Waals surface area contributed by atoms with Gasteiger partial charge in [-0.3, -0.25) is 4.79 Å². The molecule has 136 valence electrons. The van der Waals surface area contributed by atoms with Gasteiger partial charge in [0.1, 0.15) is 5.75 Å². The van der Waals surface area contributed by atoms with Crippen molar-refractivity contribution in [2.75, 3.05) is 13.7 Å². The monoisotopic (exact) mass is 358 g/mol. The predicted octanol–water partition coefficient (Wildman–Crippen LogP) is 4.29. The van der Waals surface area contributed by atoms with E-state index in [2.05, 4.69) is 10.9 Å². The summed E-state index contributed by atoms with van der Waals surface area (Å²) in [6.45, 7) is 8.93. The highest BCUT2D eigenvalue weighted by Gasteiger charge is 2.55. The molecule has 1 amide bonds. The van der Waals surface area contributed by atoms with Gasteiger partial charge in [0.05, 0.1) is 7.11 Å². The van der Waals surface area contributed by atoms with Gasteiger partial charge in [-0.2, -0.15) is 0 Å². The van der Waals surface area contributed by atoms with Gasteiger partial charge in [0.25, 0.3) is 11.4 Å². The van der Waals surface area contributed by atoms with Crippen LogP contribution in [0.25, 0.3) is 4.85 Å². The van der Waals surface area contributed by atoms with E-state index < -0.39 is 0 Å². The van der Waals surface area contributed by atoms with Gasteiger partial charge >= 0.3 is 0 Å². The lowest BCUT2D eigenvalue weighted by Gasteiger charge is -2.35. The Kier molecular flexibility index (Phi) is 3.40. The Morgan fingerprint density at radius 1 is 1.11 bits per heavy atom. The van der Waals surface area contributed by atoms with E-state index in [9.17, 15) is 4.79 Å². The molecule has 27 heavy (non-hydrogen) atoms. The maximum absolute atomic E-state index is 13.1. The van der Waals surface area contributed by atoms with Gasteiger partial charge < -0.3 is 14.5 Å². The number of ether oxygens (including phenoxy) is 1. The Hall–Kier alpha value is -2.80. The molecule has 1 spiro atoms. The van der Waals surface area contributed by atoms with Gasteiger partial charge in [0.2, 0.25) is 0 Å². The fourth-order valence-corrected chi connectivity index (χ4v) is 4.39. The van der Waals surface area contributed by atoms with E-state index in [1.807, 2.05) is 41.3 Å². The van der Waals surface area contributed by atoms with Crippen molar-refractivity contribution in [3.63, 3.8) is 0 Å². The zero-order chi connectivity index (χ0) is 18.6. The molecule has 0 aromatic heterocycles. The first kappa shape index (κ1) is 16.4. The van der Waals surface area contributed by atoms with Crippen LogP contribution in [0.1, 0.15) is 52.7 Å². The number of fused-ring (bicyclic) bond motifs is 2. The number of methoxy groups -OCH3 is 1. The Balaban J connectivity index is 1.46.